The Bertz CT molecular complexity index is 1210. The molecule has 2 fully saturated rings. The molecule has 9 heteroatoms. The van der Waals surface area contributed by atoms with Crippen LogP contribution < -0.4 is 15.2 Å². The van der Waals surface area contributed by atoms with E-state index in [1.807, 2.05) is 24.3 Å². The third kappa shape index (κ3) is 4.18. The molecule has 5 atom stereocenters. The van der Waals surface area contributed by atoms with Crippen LogP contribution in [0.15, 0.2) is 42.5 Å². The molecule has 1 spiro atoms. The summed E-state index contributed by atoms with van der Waals surface area (Å²) in [5.74, 6) is 0.363. The lowest BCUT2D eigenvalue weighted by Crippen LogP contribution is -2.52. The number of methoxy groups -OCH3 is 1. The topological polar surface area (TPSA) is 88.1 Å². The van der Waals surface area contributed by atoms with E-state index in [0.717, 1.165) is 24.2 Å². The van der Waals surface area contributed by atoms with Crippen molar-refractivity contribution in [3.8, 4) is 5.75 Å². The number of carbonyl (C=O) groups is 2. The van der Waals surface area contributed by atoms with Gasteiger partial charge in [-0.05, 0) is 48.7 Å². The number of ether oxygens (including phenoxy) is 2. The highest BCUT2D eigenvalue weighted by Crippen LogP contribution is 2.58. The average Bonchev–Trinajstić information content (AvgIpc) is 3.55. The molecule has 2 amide bonds. The van der Waals surface area contributed by atoms with E-state index in [4.69, 9.17) is 21.1 Å². The molecular weight excluding hydrogens is 508 g/mol. The summed E-state index contributed by atoms with van der Waals surface area (Å²) in [6.07, 6.45) is 1.40. The predicted octanol–water partition coefficient (Wildman–Crippen LogP) is 3.89. The van der Waals surface area contributed by atoms with Gasteiger partial charge in [-0.2, -0.15) is 0 Å². The molecule has 0 saturated carbocycles. The van der Waals surface area contributed by atoms with Crippen LogP contribution in [-0.2, 0) is 19.9 Å². The number of hydrogen-bond donors (Lipinski definition) is 2. The van der Waals surface area contributed by atoms with E-state index in [9.17, 15) is 14.7 Å². The molecule has 3 aliphatic rings. The number of benzene rings is 2. The second kappa shape index (κ2) is 9.73. The van der Waals surface area contributed by atoms with Crippen molar-refractivity contribution in [1.82, 2.24) is 4.90 Å². The van der Waals surface area contributed by atoms with Crippen molar-refractivity contribution in [3.05, 3.63) is 53.1 Å². The first kappa shape index (κ1) is 26.2. The van der Waals surface area contributed by atoms with E-state index in [0.29, 0.717) is 17.3 Å². The number of anilines is 1. The van der Waals surface area contributed by atoms with Crippen LogP contribution in [0.1, 0.15) is 31.7 Å². The highest BCUT2D eigenvalue weighted by molar-refractivity contribution is 6.91. The van der Waals surface area contributed by atoms with E-state index in [1.165, 1.54) is 5.19 Å². The van der Waals surface area contributed by atoms with Crippen molar-refractivity contribution >= 4 is 42.4 Å². The minimum atomic E-state index is -2.31. The molecule has 2 N–H and O–H groups in total. The number of aliphatic hydroxyl groups is 1. The Morgan fingerprint density at radius 3 is 2.68 bits per heavy atom. The predicted molar refractivity (Wildman–Crippen MR) is 146 cm³/mol. The summed E-state index contributed by atoms with van der Waals surface area (Å²) in [7, 11) is -0.664. The number of rotatable bonds is 6. The number of nitrogens with one attached hydrogen (secondary N) is 1. The molecule has 0 aliphatic carbocycles. The van der Waals surface area contributed by atoms with Gasteiger partial charge in [0.2, 0.25) is 5.91 Å². The first-order valence-corrected chi connectivity index (χ1v) is 16.4. The van der Waals surface area contributed by atoms with Gasteiger partial charge in [-0.15, -0.1) is 0 Å². The van der Waals surface area contributed by atoms with Crippen molar-refractivity contribution < 1.29 is 24.2 Å². The van der Waals surface area contributed by atoms with Crippen molar-refractivity contribution in [3.63, 3.8) is 0 Å². The lowest BCUT2D eigenvalue weighted by molar-refractivity contribution is -0.148. The van der Waals surface area contributed by atoms with Crippen molar-refractivity contribution in [2.24, 2.45) is 5.92 Å². The molecule has 0 aromatic heterocycles. The molecular formula is C28H35ClN2O5Si. The number of carbonyl (C=O) groups excluding carboxylic acids is 2. The first-order chi connectivity index (χ1) is 17.6. The molecule has 0 bridgehead atoms. The third-order valence-electron chi connectivity index (χ3n) is 8.84. The maximum absolute atomic E-state index is 13.6. The van der Waals surface area contributed by atoms with E-state index in [2.05, 4.69) is 37.5 Å². The van der Waals surface area contributed by atoms with Gasteiger partial charge in [0.1, 0.15) is 5.75 Å². The van der Waals surface area contributed by atoms with Gasteiger partial charge in [0.05, 0.1) is 40.4 Å². The molecule has 3 heterocycles. The van der Waals surface area contributed by atoms with Gasteiger partial charge in [-0.3, -0.25) is 9.59 Å². The van der Waals surface area contributed by atoms with Gasteiger partial charge < -0.3 is 24.8 Å². The maximum Gasteiger partial charge on any atom is 0.261 e. The Hall–Kier alpha value is -2.39. The molecule has 198 valence electrons. The number of amides is 2. The molecule has 0 radical (unpaired) electrons. The van der Waals surface area contributed by atoms with Crippen LogP contribution in [0, 0.1) is 5.92 Å². The smallest absolute Gasteiger partial charge is 0.261 e. The van der Waals surface area contributed by atoms with Gasteiger partial charge >= 0.3 is 0 Å². The van der Waals surface area contributed by atoms with Crippen LogP contribution in [0.5, 0.6) is 5.75 Å². The Labute approximate surface area is 224 Å². The quantitative estimate of drug-likeness (QED) is 0.541. The third-order valence-corrected chi connectivity index (χ3v) is 13.4. The van der Waals surface area contributed by atoms with E-state index in [-0.39, 0.29) is 42.3 Å². The van der Waals surface area contributed by atoms with Gasteiger partial charge in [-0.1, -0.05) is 48.9 Å². The normalized spacial score (nSPS) is 29.0. The summed E-state index contributed by atoms with van der Waals surface area (Å²) in [4.78, 5) is 29.0. The Balaban J connectivity index is 1.57. The second-order valence-electron chi connectivity index (χ2n) is 11.1. The van der Waals surface area contributed by atoms with Crippen LogP contribution in [0.3, 0.4) is 0 Å². The Morgan fingerprint density at radius 2 is 2.00 bits per heavy atom. The number of aliphatic hydroxyl groups excluding tert-OH is 1. The fourth-order valence-electron chi connectivity index (χ4n) is 6.95. The number of halogens is 1. The molecule has 7 nitrogen and oxygen atoms in total. The van der Waals surface area contributed by atoms with Crippen molar-refractivity contribution in [1.29, 1.82) is 0 Å². The monoisotopic (exact) mass is 542 g/mol. The Kier molecular flexibility index (Phi) is 6.89. The summed E-state index contributed by atoms with van der Waals surface area (Å²) in [6.45, 7) is 7.25. The summed E-state index contributed by atoms with van der Waals surface area (Å²) >= 11 is 6.39. The highest BCUT2D eigenvalue weighted by atomic mass is 35.5. The van der Waals surface area contributed by atoms with Gasteiger partial charge in [-0.25, -0.2) is 0 Å². The highest BCUT2D eigenvalue weighted by Gasteiger charge is 2.65. The minimum absolute atomic E-state index is 0.0277. The van der Waals surface area contributed by atoms with E-state index in [1.54, 1.807) is 18.1 Å². The van der Waals surface area contributed by atoms with Crippen LogP contribution in [0.2, 0.25) is 23.7 Å². The summed E-state index contributed by atoms with van der Waals surface area (Å²) in [6, 6.07) is 13.4. The fraction of sp³-hybridized carbons (Fsp3) is 0.500. The summed E-state index contributed by atoms with van der Waals surface area (Å²) in [5.41, 5.74) is 0.200. The zero-order chi connectivity index (χ0) is 26.5. The zero-order valence-electron chi connectivity index (χ0n) is 21.8. The van der Waals surface area contributed by atoms with Crippen LogP contribution >= 0.6 is 11.6 Å². The molecule has 3 aliphatic heterocycles. The van der Waals surface area contributed by atoms with E-state index < -0.39 is 19.8 Å². The maximum atomic E-state index is 13.6. The second-order valence-corrected chi connectivity index (χ2v) is 16.2. The lowest BCUT2D eigenvalue weighted by atomic mass is 9.82. The number of hydrogen-bond acceptors (Lipinski definition) is 5. The summed E-state index contributed by atoms with van der Waals surface area (Å²) in [5, 5.41) is 14.6. The number of likely N-dealkylation sites (tertiary alicyclic amines) is 1. The van der Waals surface area contributed by atoms with Crippen LogP contribution in [-0.4, -0.2) is 62.3 Å². The molecule has 5 rings (SSSR count). The van der Waals surface area contributed by atoms with Gasteiger partial charge in [0.25, 0.3) is 5.91 Å². The average molecular weight is 543 g/mol. The number of fused-ring (bicyclic) bond motifs is 2. The Morgan fingerprint density at radius 1 is 1.27 bits per heavy atom. The van der Waals surface area contributed by atoms with Crippen LogP contribution in [0.4, 0.5) is 5.69 Å². The molecule has 0 unspecified atom stereocenters. The molecule has 2 saturated heterocycles. The largest absolute Gasteiger partial charge is 0.497 e. The van der Waals surface area contributed by atoms with Crippen molar-refractivity contribution in [2.75, 3.05) is 25.6 Å². The SMILES string of the molecule is COc1ccc([Si](C)(C)[C@@H]2[C@@H](CC(=O)N3CCC[C@H]3CO)O[C@]3(C(=O)Nc4ccc(Cl)cc43)[C@H]2C)cc1. The van der Waals surface area contributed by atoms with E-state index >= 15 is 0 Å². The van der Waals surface area contributed by atoms with Gasteiger partial charge in [0.15, 0.2) is 5.60 Å². The summed E-state index contributed by atoms with van der Waals surface area (Å²) < 4.78 is 12.2. The molecule has 37 heavy (non-hydrogen) atoms. The molecule has 2 aromatic rings. The van der Waals surface area contributed by atoms with Crippen LogP contribution in [0.25, 0.3) is 0 Å². The zero-order valence-corrected chi connectivity index (χ0v) is 23.5. The molecule has 2 aromatic carbocycles. The standard InChI is InChI=1S/C28H35ClN2O5Si/c1-17-26(37(3,4)21-10-8-20(35-2)9-11-21)24(15-25(33)31-13-5-6-19(31)16-32)36-28(17)22-14-18(29)7-12-23(22)30-27(28)34/h7-12,14,17,19,24,26,32H,5-6,13,15-16H2,1-4H3,(H,30,34)/t17-,19-,24+,26-,28+/m0/s1. The van der Waals surface area contributed by atoms with Gasteiger partial charge in [0, 0.05) is 28.7 Å². The minimum Gasteiger partial charge on any atom is -0.497 e. The lowest BCUT2D eigenvalue weighted by Gasteiger charge is -2.37. The first-order valence-electron chi connectivity index (χ1n) is 13.0. The van der Waals surface area contributed by atoms with Crippen molar-refractivity contribution in [2.45, 2.75) is 62.6 Å². The number of nitrogens with zero attached hydrogens (tertiary/aromatic N) is 1. The fourth-order valence-corrected chi connectivity index (χ4v) is 11.1.